The molecule has 0 saturated heterocycles. The molecule has 168 valence electrons. The summed E-state index contributed by atoms with van der Waals surface area (Å²) < 4.78 is 45.5. The Labute approximate surface area is 184 Å². The third kappa shape index (κ3) is 4.56. The lowest BCUT2D eigenvalue weighted by Crippen LogP contribution is -2.31. The molecule has 2 saturated carbocycles. The Morgan fingerprint density at radius 3 is 2.55 bits per heavy atom. The van der Waals surface area contributed by atoms with E-state index in [1.54, 1.807) is 12.1 Å². The maximum atomic E-state index is 15.6. The Kier molecular flexibility index (Phi) is 7.08. The van der Waals surface area contributed by atoms with Gasteiger partial charge in [0.25, 0.3) is 0 Å². The molecule has 4 unspecified atom stereocenters. The second kappa shape index (κ2) is 9.79. The number of halogens is 3. The van der Waals surface area contributed by atoms with E-state index in [1.807, 2.05) is 0 Å². The summed E-state index contributed by atoms with van der Waals surface area (Å²) in [5.41, 5.74) is 0.897. The van der Waals surface area contributed by atoms with Crippen LogP contribution in [0.15, 0.2) is 30.9 Å². The summed E-state index contributed by atoms with van der Waals surface area (Å²) in [6.07, 6.45) is 13.3. The molecule has 31 heavy (non-hydrogen) atoms. The second-order valence-corrected chi connectivity index (χ2v) is 9.89. The third-order valence-electron chi connectivity index (χ3n) is 7.98. The minimum Gasteiger partial charge on any atom is -0.207 e. The van der Waals surface area contributed by atoms with Gasteiger partial charge in [-0.15, -0.1) is 6.58 Å². The van der Waals surface area contributed by atoms with Gasteiger partial charge in [0.1, 0.15) is 17.5 Å². The number of rotatable bonds is 7. The third-order valence-corrected chi connectivity index (χ3v) is 7.98. The summed E-state index contributed by atoms with van der Waals surface area (Å²) in [6.45, 7) is 5.96. The topological polar surface area (TPSA) is 0 Å². The summed E-state index contributed by atoms with van der Waals surface area (Å²) in [5.74, 6) is 0.157. The Bertz CT molecular complexity index is 932. The fraction of sp³-hybridized carbons (Fsp3) is 0.571. The highest BCUT2D eigenvalue weighted by molar-refractivity contribution is 5.88. The van der Waals surface area contributed by atoms with Gasteiger partial charge in [0.05, 0.1) is 5.39 Å². The summed E-state index contributed by atoms with van der Waals surface area (Å²) in [6, 6.07) is 4.34. The predicted octanol–water partition coefficient (Wildman–Crippen LogP) is 8.87. The molecule has 0 nitrogen and oxygen atoms in total. The van der Waals surface area contributed by atoms with E-state index >= 15 is 8.78 Å². The highest BCUT2D eigenvalue weighted by atomic mass is 19.1. The van der Waals surface area contributed by atoms with Crippen LogP contribution in [0.4, 0.5) is 13.2 Å². The summed E-state index contributed by atoms with van der Waals surface area (Å²) in [4.78, 5) is 0. The normalized spacial score (nSPS) is 26.1. The molecular formula is C28H35F3. The van der Waals surface area contributed by atoms with E-state index in [1.165, 1.54) is 50.7 Å². The number of aryl methyl sites for hydroxylation is 1. The zero-order valence-corrected chi connectivity index (χ0v) is 18.7. The van der Waals surface area contributed by atoms with Crippen LogP contribution in [0, 0.1) is 35.2 Å². The lowest BCUT2D eigenvalue weighted by molar-refractivity contribution is 0.112. The molecule has 0 aromatic heterocycles. The zero-order valence-electron chi connectivity index (χ0n) is 18.7. The lowest BCUT2D eigenvalue weighted by atomic mass is 9.63. The van der Waals surface area contributed by atoms with Gasteiger partial charge in [-0.3, -0.25) is 0 Å². The van der Waals surface area contributed by atoms with E-state index in [0.717, 1.165) is 30.7 Å². The van der Waals surface area contributed by atoms with Crippen molar-refractivity contribution in [2.24, 2.45) is 17.8 Å². The minimum atomic E-state index is -0.673. The van der Waals surface area contributed by atoms with Gasteiger partial charge in [0, 0.05) is 5.56 Å². The van der Waals surface area contributed by atoms with E-state index in [4.69, 9.17) is 0 Å². The van der Waals surface area contributed by atoms with E-state index in [2.05, 4.69) is 13.5 Å². The number of hydrogen-bond acceptors (Lipinski definition) is 0. The van der Waals surface area contributed by atoms with Crippen molar-refractivity contribution in [3.8, 4) is 0 Å². The quantitative estimate of drug-likeness (QED) is 0.386. The first-order valence-electron chi connectivity index (χ1n) is 12.2. The number of hydrogen-bond donors (Lipinski definition) is 0. The van der Waals surface area contributed by atoms with Crippen molar-refractivity contribution in [3.63, 3.8) is 0 Å². The molecule has 0 heterocycles. The van der Waals surface area contributed by atoms with Crippen molar-refractivity contribution >= 4 is 10.8 Å². The molecule has 0 spiro atoms. The van der Waals surface area contributed by atoms with Gasteiger partial charge in [-0.1, -0.05) is 44.7 Å². The van der Waals surface area contributed by atoms with Crippen LogP contribution in [0.5, 0.6) is 0 Å². The van der Waals surface area contributed by atoms with Crippen LogP contribution in [0.3, 0.4) is 0 Å². The van der Waals surface area contributed by atoms with Crippen molar-refractivity contribution in [1.82, 2.24) is 0 Å². The molecular weight excluding hydrogens is 393 g/mol. The fourth-order valence-electron chi connectivity index (χ4n) is 6.32. The van der Waals surface area contributed by atoms with Crippen LogP contribution >= 0.6 is 0 Å². The van der Waals surface area contributed by atoms with Crippen LogP contribution in [0.2, 0.25) is 0 Å². The molecule has 2 aliphatic rings. The molecule has 0 N–H and O–H groups in total. The van der Waals surface area contributed by atoms with E-state index in [9.17, 15) is 4.39 Å². The molecule has 0 bridgehead atoms. The van der Waals surface area contributed by atoms with Crippen LogP contribution in [0.1, 0.15) is 88.2 Å². The fourth-order valence-corrected chi connectivity index (χ4v) is 6.32. The summed E-state index contributed by atoms with van der Waals surface area (Å²) >= 11 is 0. The molecule has 4 rings (SSSR count). The van der Waals surface area contributed by atoms with Gasteiger partial charge in [0.15, 0.2) is 0 Å². The number of allylic oxidation sites excluding steroid dienone is 1. The predicted molar refractivity (Wildman–Crippen MR) is 123 cm³/mol. The summed E-state index contributed by atoms with van der Waals surface area (Å²) in [5, 5.41) is 0.328. The molecule has 2 aromatic rings. The van der Waals surface area contributed by atoms with Crippen molar-refractivity contribution in [1.29, 1.82) is 0 Å². The maximum Gasteiger partial charge on any atom is 0.140 e. The van der Waals surface area contributed by atoms with Gasteiger partial charge in [0.2, 0.25) is 0 Å². The molecule has 0 radical (unpaired) electrons. The smallest absolute Gasteiger partial charge is 0.140 e. The summed E-state index contributed by atoms with van der Waals surface area (Å²) in [7, 11) is 0. The first-order valence-corrected chi connectivity index (χ1v) is 12.2. The van der Waals surface area contributed by atoms with E-state index in [-0.39, 0.29) is 16.9 Å². The first-order chi connectivity index (χ1) is 15.0. The van der Waals surface area contributed by atoms with Gasteiger partial charge >= 0.3 is 0 Å². The van der Waals surface area contributed by atoms with Crippen LogP contribution in [-0.4, -0.2) is 0 Å². The number of fused-ring (bicyclic) bond motifs is 2. The highest BCUT2D eigenvalue weighted by Crippen LogP contribution is 2.49. The van der Waals surface area contributed by atoms with Gasteiger partial charge in [-0.05, 0) is 91.7 Å². The molecule has 0 aliphatic heterocycles. The molecule has 0 amide bonds. The maximum absolute atomic E-state index is 15.6. The Morgan fingerprint density at radius 1 is 1.00 bits per heavy atom. The monoisotopic (exact) mass is 428 g/mol. The van der Waals surface area contributed by atoms with Crippen LogP contribution in [0.25, 0.3) is 10.8 Å². The molecule has 2 aliphatic carbocycles. The van der Waals surface area contributed by atoms with Gasteiger partial charge in [-0.25, -0.2) is 13.2 Å². The van der Waals surface area contributed by atoms with Crippen molar-refractivity contribution in [2.75, 3.05) is 0 Å². The average molecular weight is 429 g/mol. The van der Waals surface area contributed by atoms with Crippen molar-refractivity contribution in [2.45, 2.75) is 83.5 Å². The average Bonchev–Trinajstić information content (AvgIpc) is 2.77. The van der Waals surface area contributed by atoms with E-state index in [0.29, 0.717) is 30.1 Å². The first kappa shape index (κ1) is 22.4. The lowest BCUT2D eigenvalue weighted by Gasteiger charge is -2.42. The number of benzene rings is 2. The molecule has 3 heteroatoms. The van der Waals surface area contributed by atoms with Crippen molar-refractivity contribution < 1.29 is 13.2 Å². The van der Waals surface area contributed by atoms with Crippen LogP contribution in [-0.2, 0) is 6.42 Å². The SMILES string of the molecule is C=CCCc1ccc(F)c2c(F)c(C3CCC4CC(CCCC)CCC4C3)c(F)cc12. The van der Waals surface area contributed by atoms with Crippen LogP contribution < -0.4 is 0 Å². The molecule has 4 atom stereocenters. The Balaban J connectivity index is 1.59. The Morgan fingerprint density at radius 2 is 1.77 bits per heavy atom. The van der Waals surface area contributed by atoms with Gasteiger partial charge < -0.3 is 0 Å². The minimum absolute atomic E-state index is 0.0386. The molecule has 2 fully saturated rings. The highest BCUT2D eigenvalue weighted by Gasteiger charge is 2.37. The second-order valence-electron chi connectivity index (χ2n) is 9.89. The Hall–Kier alpha value is -1.77. The molecule has 2 aromatic carbocycles. The number of unbranched alkanes of at least 4 members (excludes halogenated alkanes) is 1. The van der Waals surface area contributed by atoms with E-state index < -0.39 is 17.5 Å². The van der Waals surface area contributed by atoms with Gasteiger partial charge in [-0.2, -0.15) is 0 Å². The standard InChI is InChI=1S/C28H35F3/c1-3-5-7-18-9-10-21-16-22(12-11-20(21)15-18)26-25(30)17-23-19(8-6-4-2)13-14-24(29)27(23)28(26)31/h4,13-14,17-18,20-22H,2-3,5-12,15-16H2,1H3. The van der Waals surface area contributed by atoms with Crippen molar-refractivity contribution in [3.05, 3.63) is 59.4 Å². The zero-order chi connectivity index (χ0) is 22.0. The largest absolute Gasteiger partial charge is 0.207 e.